The van der Waals surface area contributed by atoms with Crippen LogP contribution in [0.25, 0.3) is 0 Å². The number of carbonyl (C=O) groups is 1. The summed E-state index contributed by atoms with van der Waals surface area (Å²) in [5, 5.41) is 2.49. The van der Waals surface area contributed by atoms with Crippen molar-refractivity contribution in [2.45, 2.75) is 24.7 Å². The minimum Gasteiger partial charge on any atom is -0.486 e. The minimum absolute atomic E-state index is 0.0441. The Morgan fingerprint density at radius 2 is 1.95 bits per heavy atom. The van der Waals surface area contributed by atoms with Crippen molar-refractivity contribution in [1.29, 1.82) is 0 Å². The maximum absolute atomic E-state index is 12.1. The second-order valence-electron chi connectivity index (χ2n) is 4.52. The average molecular weight is 314 g/mol. The zero-order chi connectivity index (χ0) is 15.3. The lowest BCUT2D eigenvalue weighted by molar-refractivity contribution is 0.171. The second-order valence-corrected chi connectivity index (χ2v) is 6.20. The molecule has 0 saturated carbocycles. The summed E-state index contributed by atoms with van der Waals surface area (Å²) in [6.07, 6.45) is 1.70. The van der Waals surface area contributed by atoms with E-state index in [1.165, 1.54) is 18.2 Å². The van der Waals surface area contributed by atoms with Gasteiger partial charge in [-0.05, 0) is 18.6 Å². The van der Waals surface area contributed by atoms with Crippen LogP contribution in [0.5, 0.6) is 11.5 Å². The van der Waals surface area contributed by atoms with E-state index in [0.29, 0.717) is 31.3 Å². The van der Waals surface area contributed by atoms with Gasteiger partial charge in [0, 0.05) is 12.6 Å². The van der Waals surface area contributed by atoms with Crippen LogP contribution in [0.4, 0.5) is 4.79 Å². The molecule has 0 bridgehead atoms. The fourth-order valence-corrected chi connectivity index (χ4v) is 2.73. The van der Waals surface area contributed by atoms with E-state index in [1.807, 2.05) is 11.6 Å². The summed E-state index contributed by atoms with van der Waals surface area (Å²) in [6.45, 7) is 3.20. The third-order valence-electron chi connectivity index (χ3n) is 2.87. The second kappa shape index (κ2) is 6.66. The highest BCUT2D eigenvalue weighted by Gasteiger charge is 2.21. The molecule has 1 heterocycles. The summed E-state index contributed by atoms with van der Waals surface area (Å²) >= 11 is 0. The van der Waals surface area contributed by atoms with Crippen molar-refractivity contribution in [2.75, 3.05) is 19.8 Å². The van der Waals surface area contributed by atoms with Crippen LogP contribution in [0.3, 0.4) is 0 Å². The van der Waals surface area contributed by atoms with Crippen molar-refractivity contribution in [2.24, 2.45) is 0 Å². The van der Waals surface area contributed by atoms with Gasteiger partial charge in [0.15, 0.2) is 11.5 Å². The van der Waals surface area contributed by atoms with Crippen molar-refractivity contribution >= 4 is 16.1 Å². The first-order valence-electron chi connectivity index (χ1n) is 6.73. The van der Waals surface area contributed by atoms with E-state index < -0.39 is 16.1 Å². The lowest BCUT2D eigenvalue weighted by atomic mass is 10.3. The molecule has 2 amide bonds. The number of carbonyl (C=O) groups excluding carboxylic acids is 1. The normalized spacial score (nSPS) is 13.6. The van der Waals surface area contributed by atoms with E-state index in [9.17, 15) is 13.2 Å². The summed E-state index contributed by atoms with van der Waals surface area (Å²) in [4.78, 5) is 11.5. The molecule has 0 unspecified atom stereocenters. The highest BCUT2D eigenvalue weighted by molar-refractivity contribution is 7.90. The lowest BCUT2D eigenvalue weighted by Crippen LogP contribution is -2.39. The number of fused-ring (bicyclic) bond motifs is 1. The predicted octanol–water partition coefficient (Wildman–Crippen LogP) is 1.25. The number of sulfonamides is 1. The van der Waals surface area contributed by atoms with E-state index in [2.05, 4.69) is 5.32 Å². The van der Waals surface area contributed by atoms with Gasteiger partial charge in [-0.25, -0.2) is 17.9 Å². The Balaban J connectivity index is 2.07. The van der Waals surface area contributed by atoms with E-state index in [0.717, 1.165) is 12.8 Å². The van der Waals surface area contributed by atoms with Gasteiger partial charge in [-0.15, -0.1) is 0 Å². The molecule has 1 aliphatic rings. The van der Waals surface area contributed by atoms with Crippen LogP contribution in [0.1, 0.15) is 19.8 Å². The van der Waals surface area contributed by atoms with Gasteiger partial charge in [0.05, 0.1) is 4.90 Å². The minimum atomic E-state index is -3.93. The molecule has 2 rings (SSSR count). The largest absolute Gasteiger partial charge is 0.486 e. The van der Waals surface area contributed by atoms with Gasteiger partial charge in [-0.1, -0.05) is 13.3 Å². The number of amides is 2. The van der Waals surface area contributed by atoms with Gasteiger partial charge in [0.25, 0.3) is 10.0 Å². The van der Waals surface area contributed by atoms with Crippen LogP contribution in [-0.2, 0) is 10.0 Å². The maximum atomic E-state index is 12.1. The molecule has 1 aromatic carbocycles. The Bertz CT molecular complexity index is 615. The third-order valence-corrected chi connectivity index (χ3v) is 4.20. The van der Waals surface area contributed by atoms with Crippen LogP contribution in [0.2, 0.25) is 0 Å². The summed E-state index contributed by atoms with van der Waals surface area (Å²) in [5.41, 5.74) is 0. The SMILES string of the molecule is CCCCNC(=O)NS(=O)(=O)c1ccc2c(c1)OCCO2. The number of hydrogen-bond acceptors (Lipinski definition) is 5. The summed E-state index contributed by atoms with van der Waals surface area (Å²) in [7, 11) is -3.93. The van der Waals surface area contributed by atoms with Crippen LogP contribution < -0.4 is 19.5 Å². The first-order chi connectivity index (χ1) is 10.0. The molecule has 0 spiro atoms. The summed E-state index contributed by atoms with van der Waals surface area (Å²) < 4.78 is 36.8. The molecule has 2 N–H and O–H groups in total. The molecule has 0 radical (unpaired) electrons. The summed E-state index contributed by atoms with van der Waals surface area (Å²) in [5.74, 6) is 0.850. The number of unbranched alkanes of at least 4 members (excludes halogenated alkanes) is 1. The fourth-order valence-electron chi connectivity index (χ4n) is 1.79. The molecule has 1 aliphatic heterocycles. The van der Waals surface area contributed by atoms with E-state index in [1.54, 1.807) is 0 Å². The van der Waals surface area contributed by atoms with E-state index >= 15 is 0 Å². The number of rotatable bonds is 5. The van der Waals surface area contributed by atoms with E-state index in [-0.39, 0.29) is 4.90 Å². The molecule has 1 aromatic rings. The number of benzene rings is 1. The Morgan fingerprint density at radius 3 is 2.67 bits per heavy atom. The van der Waals surface area contributed by atoms with Crippen LogP contribution >= 0.6 is 0 Å². The molecule has 116 valence electrons. The molecular weight excluding hydrogens is 296 g/mol. The quantitative estimate of drug-likeness (QED) is 0.798. The highest BCUT2D eigenvalue weighted by atomic mass is 32.2. The van der Waals surface area contributed by atoms with Crippen molar-refractivity contribution in [3.63, 3.8) is 0 Å². The van der Waals surface area contributed by atoms with Crippen LogP contribution in [0.15, 0.2) is 23.1 Å². The molecular formula is C13H18N2O5S. The molecule has 0 fully saturated rings. The van der Waals surface area contributed by atoms with Crippen molar-refractivity contribution in [1.82, 2.24) is 10.0 Å². The van der Waals surface area contributed by atoms with E-state index in [4.69, 9.17) is 9.47 Å². The Hall–Kier alpha value is -1.96. The van der Waals surface area contributed by atoms with Gasteiger partial charge >= 0.3 is 6.03 Å². The number of urea groups is 1. The van der Waals surface area contributed by atoms with Gasteiger partial charge < -0.3 is 14.8 Å². The molecule has 7 nitrogen and oxygen atoms in total. The van der Waals surface area contributed by atoms with Gasteiger partial charge in [-0.3, -0.25) is 0 Å². The first kappa shape index (κ1) is 15.4. The smallest absolute Gasteiger partial charge is 0.328 e. The zero-order valence-electron chi connectivity index (χ0n) is 11.7. The Kier molecular flexibility index (Phi) is 4.89. The number of hydrogen-bond donors (Lipinski definition) is 2. The highest BCUT2D eigenvalue weighted by Crippen LogP contribution is 2.32. The lowest BCUT2D eigenvalue weighted by Gasteiger charge is -2.18. The van der Waals surface area contributed by atoms with Crippen molar-refractivity contribution < 1.29 is 22.7 Å². The number of ether oxygens (including phenoxy) is 2. The first-order valence-corrected chi connectivity index (χ1v) is 8.21. The van der Waals surface area contributed by atoms with Crippen molar-refractivity contribution in [3.8, 4) is 11.5 Å². The van der Waals surface area contributed by atoms with Crippen molar-refractivity contribution in [3.05, 3.63) is 18.2 Å². The number of nitrogens with one attached hydrogen (secondary N) is 2. The maximum Gasteiger partial charge on any atom is 0.328 e. The van der Waals surface area contributed by atoms with Gasteiger partial charge in [0.1, 0.15) is 13.2 Å². The molecule has 21 heavy (non-hydrogen) atoms. The molecule has 0 saturated heterocycles. The van der Waals surface area contributed by atoms with Gasteiger partial charge in [0.2, 0.25) is 0 Å². The summed E-state index contributed by atoms with van der Waals surface area (Å²) in [6, 6.07) is 3.49. The van der Waals surface area contributed by atoms with Crippen LogP contribution in [0, 0.1) is 0 Å². The van der Waals surface area contributed by atoms with Crippen LogP contribution in [-0.4, -0.2) is 34.2 Å². The topological polar surface area (TPSA) is 93.7 Å². The monoisotopic (exact) mass is 314 g/mol. The molecule has 8 heteroatoms. The molecule has 0 aromatic heterocycles. The average Bonchev–Trinajstić information content (AvgIpc) is 2.46. The Labute approximate surface area is 123 Å². The fraction of sp³-hybridized carbons (Fsp3) is 0.462. The Morgan fingerprint density at radius 1 is 1.24 bits per heavy atom. The van der Waals surface area contributed by atoms with Gasteiger partial charge in [-0.2, -0.15) is 0 Å². The third kappa shape index (κ3) is 4.01. The standard InChI is InChI=1S/C13H18N2O5S/c1-2-3-6-14-13(16)15-21(17,18)10-4-5-11-12(9-10)20-8-7-19-11/h4-5,9H,2-3,6-8H2,1H3,(H2,14,15,16). The zero-order valence-corrected chi connectivity index (χ0v) is 12.5. The molecule has 0 aliphatic carbocycles. The molecule has 0 atom stereocenters. The predicted molar refractivity (Wildman–Crippen MR) is 76.1 cm³/mol.